The third-order valence-electron chi connectivity index (χ3n) is 4.02. The highest BCUT2D eigenvalue weighted by atomic mass is 16.5. The van der Waals surface area contributed by atoms with Gasteiger partial charge in [0.1, 0.15) is 0 Å². The van der Waals surface area contributed by atoms with E-state index in [1.54, 1.807) is 7.11 Å². The van der Waals surface area contributed by atoms with Crippen LogP contribution in [0.25, 0.3) is 0 Å². The molecule has 4 nitrogen and oxygen atoms in total. The van der Waals surface area contributed by atoms with Crippen LogP contribution in [0.3, 0.4) is 0 Å². The van der Waals surface area contributed by atoms with Crippen LogP contribution in [0.4, 0.5) is 0 Å². The zero-order valence-electron chi connectivity index (χ0n) is 11.7. The average molecular weight is 276 g/mol. The Morgan fingerprint density at radius 1 is 1.30 bits per heavy atom. The predicted octanol–water partition coefficient (Wildman–Crippen LogP) is 3.20. The minimum Gasteiger partial charge on any atom is -0.493 e. The maximum absolute atomic E-state index is 11.1. The molecule has 0 aromatic heterocycles. The molecular weight excluding hydrogens is 256 g/mol. The van der Waals surface area contributed by atoms with Crippen molar-refractivity contribution < 1.29 is 19.4 Å². The van der Waals surface area contributed by atoms with Crippen LogP contribution in [0, 0.1) is 5.92 Å². The molecule has 0 amide bonds. The maximum atomic E-state index is 11.1. The van der Waals surface area contributed by atoms with E-state index in [0.29, 0.717) is 12.0 Å². The summed E-state index contributed by atoms with van der Waals surface area (Å²) in [5, 5.41) is 9.09. The number of rotatable bonds is 7. The maximum Gasteiger partial charge on any atom is 0.303 e. The van der Waals surface area contributed by atoms with Crippen molar-refractivity contribution in [1.82, 2.24) is 0 Å². The first kappa shape index (κ1) is 13.3. The Kier molecular flexibility index (Phi) is 3.55. The standard InChI is InChI=1S/C16H20O4/c1-19-14-7-4-11(8-15(14)20-12-5-6-12)13(9-16(17)18)10-2-3-10/h4,7-8,10,12-13H,2-3,5-6,9H2,1H3,(H,17,18). The fraction of sp³-hybridized carbons (Fsp3) is 0.562. The summed E-state index contributed by atoms with van der Waals surface area (Å²) < 4.78 is 11.2. The Hall–Kier alpha value is -1.71. The molecule has 2 aliphatic rings. The molecule has 20 heavy (non-hydrogen) atoms. The average Bonchev–Trinajstić information content (AvgIpc) is 3.28. The molecule has 0 bridgehead atoms. The topological polar surface area (TPSA) is 55.8 Å². The normalized spacial score (nSPS) is 19.4. The van der Waals surface area contributed by atoms with Gasteiger partial charge in [-0.2, -0.15) is 0 Å². The first-order chi connectivity index (χ1) is 9.67. The largest absolute Gasteiger partial charge is 0.493 e. The van der Waals surface area contributed by atoms with E-state index in [9.17, 15) is 4.79 Å². The number of carbonyl (C=O) groups is 1. The van der Waals surface area contributed by atoms with Crippen LogP contribution >= 0.6 is 0 Å². The lowest BCUT2D eigenvalue weighted by molar-refractivity contribution is -0.137. The lowest BCUT2D eigenvalue weighted by atomic mass is 9.91. The minimum atomic E-state index is -0.734. The molecule has 1 atom stereocenters. The molecule has 3 rings (SSSR count). The number of hydrogen-bond acceptors (Lipinski definition) is 3. The molecule has 1 unspecified atom stereocenters. The van der Waals surface area contributed by atoms with Gasteiger partial charge in [0.05, 0.1) is 19.6 Å². The number of carboxylic acids is 1. The van der Waals surface area contributed by atoms with E-state index in [2.05, 4.69) is 0 Å². The molecule has 0 saturated heterocycles. The predicted molar refractivity (Wildman–Crippen MR) is 74.4 cm³/mol. The molecule has 0 heterocycles. The summed E-state index contributed by atoms with van der Waals surface area (Å²) in [6.07, 6.45) is 4.94. The van der Waals surface area contributed by atoms with Gasteiger partial charge < -0.3 is 14.6 Å². The molecule has 4 heteroatoms. The fourth-order valence-corrected chi connectivity index (χ4v) is 2.62. The van der Waals surface area contributed by atoms with Crippen molar-refractivity contribution in [3.8, 4) is 11.5 Å². The van der Waals surface area contributed by atoms with Crippen LogP contribution < -0.4 is 9.47 Å². The van der Waals surface area contributed by atoms with E-state index in [-0.39, 0.29) is 12.3 Å². The quantitative estimate of drug-likeness (QED) is 0.831. The van der Waals surface area contributed by atoms with Crippen molar-refractivity contribution >= 4 is 5.97 Å². The van der Waals surface area contributed by atoms with Gasteiger partial charge >= 0.3 is 5.97 Å². The molecule has 2 aliphatic carbocycles. The van der Waals surface area contributed by atoms with Gasteiger partial charge in [0.2, 0.25) is 0 Å². The van der Waals surface area contributed by atoms with Crippen molar-refractivity contribution in [2.24, 2.45) is 5.92 Å². The second kappa shape index (κ2) is 5.35. The van der Waals surface area contributed by atoms with E-state index in [4.69, 9.17) is 14.6 Å². The summed E-state index contributed by atoms with van der Waals surface area (Å²) in [5.41, 5.74) is 1.06. The smallest absolute Gasteiger partial charge is 0.303 e. The van der Waals surface area contributed by atoms with Gasteiger partial charge in [-0.25, -0.2) is 0 Å². The molecular formula is C16H20O4. The van der Waals surface area contributed by atoms with E-state index in [0.717, 1.165) is 42.7 Å². The molecule has 0 aliphatic heterocycles. The van der Waals surface area contributed by atoms with E-state index < -0.39 is 5.97 Å². The molecule has 2 saturated carbocycles. The minimum absolute atomic E-state index is 0.0972. The Balaban J connectivity index is 1.84. The lowest BCUT2D eigenvalue weighted by Gasteiger charge is -2.17. The van der Waals surface area contributed by atoms with Crippen molar-refractivity contribution in [2.45, 2.75) is 44.1 Å². The first-order valence-electron chi connectivity index (χ1n) is 7.23. The van der Waals surface area contributed by atoms with Gasteiger partial charge in [0.25, 0.3) is 0 Å². The molecule has 1 aromatic carbocycles. The van der Waals surface area contributed by atoms with Gasteiger partial charge in [-0.1, -0.05) is 6.07 Å². The Morgan fingerprint density at radius 2 is 2.05 bits per heavy atom. The SMILES string of the molecule is COc1ccc(C(CC(=O)O)C2CC2)cc1OC1CC1. The molecule has 0 radical (unpaired) electrons. The molecule has 108 valence electrons. The summed E-state index contributed by atoms with van der Waals surface area (Å²) in [6.45, 7) is 0. The van der Waals surface area contributed by atoms with E-state index >= 15 is 0 Å². The van der Waals surface area contributed by atoms with Crippen molar-refractivity contribution in [2.75, 3.05) is 7.11 Å². The molecule has 2 fully saturated rings. The fourth-order valence-electron chi connectivity index (χ4n) is 2.62. The van der Waals surface area contributed by atoms with Crippen LogP contribution in [0.2, 0.25) is 0 Å². The van der Waals surface area contributed by atoms with Gasteiger partial charge in [-0.15, -0.1) is 0 Å². The second-order valence-electron chi connectivity index (χ2n) is 5.77. The number of benzene rings is 1. The van der Waals surface area contributed by atoms with E-state index in [1.807, 2.05) is 18.2 Å². The van der Waals surface area contributed by atoms with Gasteiger partial charge in [-0.05, 0) is 55.2 Å². The molecule has 1 aromatic rings. The van der Waals surface area contributed by atoms with E-state index in [1.165, 1.54) is 0 Å². The van der Waals surface area contributed by atoms with Crippen LogP contribution in [-0.2, 0) is 4.79 Å². The van der Waals surface area contributed by atoms with Gasteiger partial charge in [0, 0.05) is 0 Å². The molecule has 0 spiro atoms. The Labute approximate surface area is 118 Å². The van der Waals surface area contributed by atoms with Crippen LogP contribution in [0.1, 0.15) is 43.6 Å². The first-order valence-corrected chi connectivity index (χ1v) is 7.23. The lowest BCUT2D eigenvalue weighted by Crippen LogP contribution is -2.09. The number of aliphatic carboxylic acids is 1. The summed E-state index contributed by atoms with van der Waals surface area (Å²) in [6, 6.07) is 5.85. The zero-order valence-corrected chi connectivity index (χ0v) is 11.7. The highest BCUT2D eigenvalue weighted by Crippen LogP contribution is 2.46. The Bertz CT molecular complexity index is 503. The molecule has 1 N–H and O–H groups in total. The third-order valence-corrected chi connectivity index (χ3v) is 4.02. The van der Waals surface area contributed by atoms with Crippen LogP contribution in [-0.4, -0.2) is 24.3 Å². The monoisotopic (exact) mass is 276 g/mol. The number of carboxylic acid groups (broad SMARTS) is 1. The summed E-state index contributed by atoms with van der Waals surface area (Å²) >= 11 is 0. The van der Waals surface area contributed by atoms with Crippen LogP contribution in [0.15, 0.2) is 18.2 Å². The summed E-state index contributed by atoms with van der Waals surface area (Å²) in [7, 11) is 1.63. The third kappa shape index (κ3) is 3.06. The number of methoxy groups -OCH3 is 1. The zero-order chi connectivity index (χ0) is 14.1. The summed E-state index contributed by atoms with van der Waals surface area (Å²) in [4.78, 5) is 11.1. The van der Waals surface area contributed by atoms with Gasteiger partial charge in [0.15, 0.2) is 11.5 Å². The second-order valence-corrected chi connectivity index (χ2v) is 5.77. The van der Waals surface area contributed by atoms with Crippen molar-refractivity contribution in [3.63, 3.8) is 0 Å². The summed E-state index contributed by atoms with van der Waals surface area (Å²) in [5.74, 6) is 1.35. The van der Waals surface area contributed by atoms with Crippen LogP contribution in [0.5, 0.6) is 11.5 Å². The van der Waals surface area contributed by atoms with Gasteiger partial charge in [-0.3, -0.25) is 4.79 Å². The van der Waals surface area contributed by atoms with Crippen molar-refractivity contribution in [1.29, 1.82) is 0 Å². The Morgan fingerprint density at radius 3 is 2.60 bits per heavy atom. The highest BCUT2D eigenvalue weighted by molar-refractivity contribution is 5.68. The number of ether oxygens (including phenoxy) is 2. The van der Waals surface area contributed by atoms with Crippen molar-refractivity contribution in [3.05, 3.63) is 23.8 Å². The highest BCUT2D eigenvalue weighted by Gasteiger charge is 2.34. The number of hydrogen-bond donors (Lipinski definition) is 1.